The molecular formula is C29H24N2O3. The number of H-pyrrole nitrogens is 1. The number of aldehydes is 1. The number of aromatic amines is 1. The predicted octanol–water partition coefficient (Wildman–Crippen LogP) is 5.10. The van der Waals surface area contributed by atoms with Crippen LogP contribution in [0.4, 0.5) is 0 Å². The Morgan fingerprint density at radius 1 is 1.00 bits per heavy atom. The van der Waals surface area contributed by atoms with Crippen molar-refractivity contribution in [3.63, 3.8) is 0 Å². The van der Waals surface area contributed by atoms with Gasteiger partial charge < -0.3 is 14.6 Å². The molecule has 3 heterocycles. The largest absolute Gasteiger partial charge is 0.493 e. The van der Waals surface area contributed by atoms with E-state index in [1.54, 1.807) is 18.2 Å². The van der Waals surface area contributed by atoms with Gasteiger partial charge in [-0.05, 0) is 52.9 Å². The van der Waals surface area contributed by atoms with Crippen LogP contribution in [-0.2, 0) is 17.6 Å². The van der Waals surface area contributed by atoms with Crippen LogP contribution in [0, 0.1) is 0 Å². The zero-order valence-electron chi connectivity index (χ0n) is 18.7. The number of hydrogen-bond acceptors (Lipinski definition) is 3. The molecule has 4 aromatic rings. The van der Waals surface area contributed by atoms with Gasteiger partial charge in [0.2, 0.25) is 5.91 Å². The van der Waals surface area contributed by atoms with Gasteiger partial charge in [-0.25, -0.2) is 0 Å². The highest BCUT2D eigenvalue weighted by molar-refractivity contribution is 5.93. The molecule has 5 nitrogen and oxygen atoms in total. The molecule has 34 heavy (non-hydrogen) atoms. The monoisotopic (exact) mass is 448 g/mol. The van der Waals surface area contributed by atoms with Crippen molar-refractivity contribution in [1.29, 1.82) is 0 Å². The summed E-state index contributed by atoms with van der Waals surface area (Å²) in [6, 6.07) is 21.6. The van der Waals surface area contributed by atoms with Crippen LogP contribution in [0.25, 0.3) is 17.0 Å². The van der Waals surface area contributed by atoms with Crippen LogP contribution in [0.15, 0.2) is 72.8 Å². The number of carbonyl (C=O) groups excluding carboxylic acids is 2. The molecular weight excluding hydrogens is 424 g/mol. The lowest BCUT2D eigenvalue weighted by Gasteiger charge is -2.36. The molecule has 0 aliphatic carbocycles. The molecule has 0 bridgehead atoms. The van der Waals surface area contributed by atoms with Crippen LogP contribution in [0.1, 0.15) is 44.3 Å². The summed E-state index contributed by atoms with van der Waals surface area (Å²) in [6.45, 7) is 1.34. The van der Waals surface area contributed by atoms with Gasteiger partial charge in [0.05, 0.1) is 12.6 Å². The van der Waals surface area contributed by atoms with Gasteiger partial charge in [-0.15, -0.1) is 0 Å². The fourth-order valence-corrected chi connectivity index (χ4v) is 5.15. The van der Waals surface area contributed by atoms with Crippen molar-refractivity contribution in [2.75, 3.05) is 13.2 Å². The maximum absolute atomic E-state index is 13.5. The summed E-state index contributed by atoms with van der Waals surface area (Å²) in [4.78, 5) is 30.0. The zero-order valence-corrected chi connectivity index (χ0v) is 18.7. The van der Waals surface area contributed by atoms with Crippen molar-refractivity contribution in [1.82, 2.24) is 9.88 Å². The molecule has 0 saturated heterocycles. The number of amides is 1. The summed E-state index contributed by atoms with van der Waals surface area (Å²) in [7, 11) is 0. The molecule has 0 saturated carbocycles. The van der Waals surface area contributed by atoms with Gasteiger partial charge in [0.25, 0.3) is 0 Å². The highest BCUT2D eigenvalue weighted by Gasteiger charge is 2.34. The van der Waals surface area contributed by atoms with Crippen LogP contribution < -0.4 is 4.74 Å². The van der Waals surface area contributed by atoms with Gasteiger partial charge in [0.15, 0.2) is 0 Å². The Hall–Kier alpha value is -4.12. The van der Waals surface area contributed by atoms with Crippen LogP contribution in [-0.4, -0.2) is 35.2 Å². The third-order valence-electron chi connectivity index (χ3n) is 6.84. The SMILES string of the molecule is O=Cc1ccc(/C=C/C(=O)N2CCc3c([nH]c4ccccc34)[C@H]2c2ccc3c(c2)CCO3)cc1. The summed E-state index contributed by atoms with van der Waals surface area (Å²) >= 11 is 0. The molecule has 1 aromatic heterocycles. The molecule has 168 valence electrons. The van der Waals surface area contributed by atoms with E-state index in [2.05, 4.69) is 35.3 Å². The number of nitrogens with zero attached hydrogens (tertiary/aromatic N) is 1. The van der Waals surface area contributed by atoms with Gasteiger partial charge in [-0.1, -0.05) is 48.5 Å². The lowest BCUT2D eigenvalue weighted by atomic mass is 9.91. The van der Waals surface area contributed by atoms with Crippen LogP contribution in [0.5, 0.6) is 5.75 Å². The Morgan fingerprint density at radius 2 is 1.82 bits per heavy atom. The van der Waals surface area contributed by atoms with Crippen LogP contribution >= 0.6 is 0 Å². The Kier molecular flexibility index (Phi) is 5.02. The molecule has 3 aromatic carbocycles. The number of aromatic nitrogens is 1. The first-order valence-corrected chi connectivity index (χ1v) is 11.6. The van der Waals surface area contributed by atoms with E-state index >= 15 is 0 Å². The normalized spacial score (nSPS) is 16.9. The number of benzene rings is 3. The lowest BCUT2D eigenvalue weighted by molar-refractivity contribution is -0.128. The number of rotatable bonds is 4. The number of hydrogen-bond donors (Lipinski definition) is 1. The van der Waals surface area contributed by atoms with Gasteiger partial charge in [0.1, 0.15) is 12.0 Å². The van der Waals surface area contributed by atoms with E-state index in [9.17, 15) is 9.59 Å². The molecule has 2 aliphatic heterocycles. The fraction of sp³-hybridized carbons (Fsp3) is 0.172. The molecule has 6 rings (SSSR count). The molecule has 5 heteroatoms. The third-order valence-corrected chi connectivity index (χ3v) is 6.84. The topological polar surface area (TPSA) is 62.4 Å². The van der Waals surface area contributed by atoms with Crippen molar-refractivity contribution < 1.29 is 14.3 Å². The number of fused-ring (bicyclic) bond motifs is 4. The minimum Gasteiger partial charge on any atom is -0.493 e. The van der Waals surface area contributed by atoms with E-state index in [1.807, 2.05) is 35.2 Å². The van der Waals surface area contributed by atoms with E-state index in [1.165, 1.54) is 16.5 Å². The van der Waals surface area contributed by atoms with Gasteiger partial charge >= 0.3 is 0 Å². The van der Waals surface area contributed by atoms with Gasteiger partial charge in [-0.2, -0.15) is 0 Å². The third kappa shape index (κ3) is 3.50. The first kappa shape index (κ1) is 20.5. The van der Waals surface area contributed by atoms with Gasteiger partial charge in [0, 0.05) is 41.2 Å². The highest BCUT2D eigenvalue weighted by atomic mass is 16.5. The molecule has 1 atom stereocenters. The molecule has 2 aliphatic rings. The zero-order chi connectivity index (χ0) is 23.1. The molecule has 0 spiro atoms. The first-order valence-electron chi connectivity index (χ1n) is 11.6. The molecule has 1 amide bonds. The number of nitrogens with one attached hydrogen (secondary N) is 1. The van der Waals surface area contributed by atoms with E-state index < -0.39 is 0 Å². The van der Waals surface area contributed by atoms with E-state index in [4.69, 9.17) is 4.74 Å². The highest BCUT2D eigenvalue weighted by Crippen LogP contribution is 2.40. The second-order valence-electron chi connectivity index (χ2n) is 8.83. The number of ether oxygens (including phenoxy) is 1. The van der Waals surface area contributed by atoms with E-state index in [-0.39, 0.29) is 11.9 Å². The quantitative estimate of drug-likeness (QED) is 0.349. The number of carbonyl (C=O) groups is 2. The second kappa shape index (κ2) is 8.34. The maximum atomic E-state index is 13.5. The first-order chi connectivity index (χ1) is 16.7. The van der Waals surface area contributed by atoms with Crippen molar-refractivity contribution in [3.8, 4) is 5.75 Å². The summed E-state index contributed by atoms with van der Waals surface area (Å²) in [5.74, 6) is 0.901. The number of para-hydroxylation sites is 1. The van der Waals surface area contributed by atoms with Crippen molar-refractivity contribution in [2.45, 2.75) is 18.9 Å². The Morgan fingerprint density at radius 3 is 2.68 bits per heavy atom. The molecule has 1 N–H and O–H groups in total. The van der Waals surface area contributed by atoms with Crippen LogP contribution in [0.3, 0.4) is 0 Å². The second-order valence-corrected chi connectivity index (χ2v) is 8.83. The summed E-state index contributed by atoms with van der Waals surface area (Å²) in [5.41, 5.74) is 7.26. The minimum absolute atomic E-state index is 0.0366. The fourth-order valence-electron chi connectivity index (χ4n) is 5.15. The van der Waals surface area contributed by atoms with Gasteiger partial charge in [-0.3, -0.25) is 9.59 Å². The lowest BCUT2D eigenvalue weighted by Crippen LogP contribution is -2.39. The van der Waals surface area contributed by atoms with Crippen molar-refractivity contribution in [3.05, 3.63) is 106 Å². The summed E-state index contributed by atoms with van der Waals surface area (Å²) in [5, 5.41) is 1.23. The molecule has 0 fully saturated rings. The average Bonchev–Trinajstić information content (AvgIpc) is 3.51. The summed E-state index contributed by atoms with van der Waals surface area (Å²) < 4.78 is 5.72. The van der Waals surface area contributed by atoms with Crippen molar-refractivity contribution >= 4 is 29.2 Å². The minimum atomic E-state index is -0.198. The van der Waals surface area contributed by atoms with Crippen LogP contribution in [0.2, 0.25) is 0 Å². The molecule has 0 radical (unpaired) electrons. The summed E-state index contributed by atoms with van der Waals surface area (Å²) in [6.07, 6.45) is 5.95. The smallest absolute Gasteiger partial charge is 0.247 e. The maximum Gasteiger partial charge on any atom is 0.247 e. The Balaban J connectivity index is 1.40. The average molecular weight is 449 g/mol. The van der Waals surface area contributed by atoms with E-state index in [0.29, 0.717) is 18.7 Å². The Bertz CT molecular complexity index is 1430. The van der Waals surface area contributed by atoms with Crippen molar-refractivity contribution in [2.24, 2.45) is 0 Å². The Labute approximate surface area is 197 Å². The standard InChI is InChI=1S/C29H24N2O3/c32-18-20-7-5-19(6-8-20)9-12-27(33)31-15-13-24-23-3-1-2-4-25(23)30-28(24)29(31)22-10-11-26-21(17-22)14-16-34-26/h1-12,17-18,29-30H,13-16H2/b12-9+/t29-/m1/s1. The predicted molar refractivity (Wildman–Crippen MR) is 132 cm³/mol. The van der Waals surface area contributed by atoms with E-state index in [0.717, 1.165) is 47.2 Å². The molecule has 0 unspecified atom stereocenters.